The third kappa shape index (κ3) is 4.64. The van der Waals surface area contributed by atoms with Gasteiger partial charge in [-0.2, -0.15) is 0 Å². The number of fused-ring (bicyclic) bond motifs is 1. The minimum atomic E-state index is -0.396. The molecule has 0 saturated carbocycles. The van der Waals surface area contributed by atoms with E-state index in [-0.39, 0.29) is 12.3 Å². The van der Waals surface area contributed by atoms with Crippen LogP contribution in [0.5, 0.6) is 5.75 Å². The zero-order valence-electron chi connectivity index (χ0n) is 15.7. The Morgan fingerprint density at radius 1 is 1.21 bits per heavy atom. The number of rotatable bonds is 8. The summed E-state index contributed by atoms with van der Waals surface area (Å²) >= 11 is 0. The molecule has 3 rings (SSSR count). The zero-order valence-corrected chi connectivity index (χ0v) is 15.7. The van der Waals surface area contributed by atoms with Crippen LogP contribution >= 0.6 is 0 Å². The summed E-state index contributed by atoms with van der Waals surface area (Å²) in [6.07, 6.45) is 2.07. The molecule has 1 heterocycles. The topological polar surface area (TPSA) is 82.3 Å². The molecule has 1 atom stereocenters. The number of nitrogens with zero attached hydrogens (tertiary/aromatic N) is 1. The lowest BCUT2D eigenvalue weighted by molar-refractivity contribution is -0.118. The van der Waals surface area contributed by atoms with Gasteiger partial charge in [-0.1, -0.05) is 42.5 Å². The summed E-state index contributed by atoms with van der Waals surface area (Å²) in [7, 11) is 0. The molecule has 2 N–H and O–H groups in total. The van der Waals surface area contributed by atoms with E-state index in [1.54, 1.807) is 0 Å². The van der Waals surface area contributed by atoms with Gasteiger partial charge in [0, 0.05) is 29.5 Å². The first kappa shape index (κ1) is 19.3. The maximum atomic E-state index is 11.1. The van der Waals surface area contributed by atoms with Crippen LogP contribution in [0.15, 0.2) is 60.7 Å². The molecule has 142 valence electrons. The molecule has 2 aromatic carbocycles. The van der Waals surface area contributed by atoms with Crippen molar-refractivity contribution in [3.8, 4) is 5.75 Å². The molecule has 28 heavy (non-hydrogen) atoms. The Hall–Kier alpha value is -3.43. The predicted molar refractivity (Wildman–Crippen MR) is 109 cm³/mol. The number of allylic oxidation sites excluding steroid dienone is 1. The lowest BCUT2D eigenvalue weighted by atomic mass is 9.92. The number of hydrogen-bond donors (Lipinski definition) is 1. The molecule has 3 aromatic rings. The Balaban J connectivity index is 1.92. The number of carbonyl (C=O) groups excluding carboxylic acids is 2. The number of amides is 1. The number of benzene rings is 2. The average molecular weight is 374 g/mol. The van der Waals surface area contributed by atoms with E-state index < -0.39 is 5.91 Å². The van der Waals surface area contributed by atoms with Crippen LogP contribution in [-0.4, -0.2) is 16.8 Å². The Morgan fingerprint density at radius 2 is 2.00 bits per heavy atom. The molecule has 0 saturated heterocycles. The van der Waals surface area contributed by atoms with Crippen molar-refractivity contribution < 1.29 is 14.3 Å². The molecule has 0 aliphatic heterocycles. The summed E-state index contributed by atoms with van der Waals surface area (Å²) in [4.78, 5) is 26.8. The van der Waals surface area contributed by atoms with Crippen LogP contribution < -0.4 is 10.5 Å². The van der Waals surface area contributed by atoms with Crippen LogP contribution in [0.4, 0.5) is 0 Å². The van der Waals surface area contributed by atoms with Gasteiger partial charge in [0.15, 0.2) is 0 Å². The molecule has 0 aliphatic carbocycles. The fourth-order valence-corrected chi connectivity index (χ4v) is 3.22. The van der Waals surface area contributed by atoms with Crippen LogP contribution in [0.2, 0.25) is 0 Å². The smallest absolute Gasteiger partial charge is 0.217 e. The van der Waals surface area contributed by atoms with E-state index in [9.17, 15) is 9.59 Å². The lowest BCUT2D eigenvalue weighted by Crippen LogP contribution is -2.12. The molecule has 0 aliphatic rings. The second-order valence-corrected chi connectivity index (χ2v) is 6.66. The summed E-state index contributed by atoms with van der Waals surface area (Å²) in [6.45, 7) is 2.34. The fourth-order valence-electron chi connectivity index (χ4n) is 3.22. The highest BCUT2D eigenvalue weighted by molar-refractivity contribution is 5.85. The molecule has 0 spiro atoms. The molecular weight excluding hydrogens is 352 g/mol. The number of hydrogen-bond acceptors (Lipinski definition) is 4. The van der Waals surface area contributed by atoms with Crippen molar-refractivity contribution >= 4 is 22.8 Å². The van der Waals surface area contributed by atoms with Gasteiger partial charge < -0.3 is 10.5 Å². The number of aromatic nitrogens is 1. The van der Waals surface area contributed by atoms with Crippen LogP contribution in [0.3, 0.4) is 0 Å². The maximum Gasteiger partial charge on any atom is 0.217 e. The van der Waals surface area contributed by atoms with E-state index in [1.807, 2.05) is 67.5 Å². The maximum absolute atomic E-state index is 11.1. The van der Waals surface area contributed by atoms with Crippen LogP contribution in [0.25, 0.3) is 10.9 Å². The van der Waals surface area contributed by atoms with Crippen LogP contribution in [0.1, 0.15) is 35.6 Å². The van der Waals surface area contributed by atoms with Gasteiger partial charge >= 0.3 is 0 Å². The first-order valence-corrected chi connectivity index (χ1v) is 9.15. The summed E-state index contributed by atoms with van der Waals surface area (Å²) in [5.41, 5.74) is 8.78. The minimum Gasteiger partial charge on any atom is -0.487 e. The number of carbonyl (C=O) groups is 1. The van der Waals surface area contributed by atoms with Crippen molar-refractivity contribution in [3.63, 3.8) is 0 Å². The molecule has 5 nitrogen and oxygen atoms in total. The first-order valence-electron chi connectivity index (χ1n) is 9.15. The second-order valence-electron chi connectivity index (χ2n) is 6.66. The summed E-state index contributed by atoms with van der Waals surface area (Å²) in [5.74, 6) is 1.89. The summed E-state index contributed by atoms with van der Waals surface area (Å²) in [6, 6.07) is 17.7. The number of primary amides is 1. The summed E-state index contributed by atoms with van der Waals surface area (Å²) in [5, 5.41) is 0.912. The van der Waals surface area contributed by atoms with Gasteiger partial charge in [0.2, 0.25) is 5.91 Å². The number of nitrogens with two attached hydrogens (primary N) is 1. The van der Waals surface area contributed by atoms with Gasteiger partial charge in [-0.15, -0.1) is 0 Å². The van der Waals surface area contributed by atoms with Gasteiger partial charge in [-0.25, -0.2) is 9.78 Å². The van der Waals surface area contributed by atoms with Crippen molar-refractivity contribution in [2.24, 2.45) is 5.73 Å². The highest BCUT2D eigenvalue weighted by Crippen LogP contribution is 2.31. The number of pyridine rings is 1. The Labute approximate surface area is 163 Å². The van der Waals surface area contributed by atoms with Gasteiger partial charge in [-0.3, -0.25) is 4.79 Å². The van der Waals surface area contributed by atoms with Crippen molar-refractivity contribution in [1.29, 1.82) is 0 Å². The molecule has 0 fully saturated rings. The predicted octanol–water partition coefficient (Wildman–Crippen LogP) is 3.86. The van der Waals surface area contributed by atoms with Crippen LogP contribution in [-0.2, 0) is 16.2 Å². The molecule has 1 amide bonds. The average Bonchev–Trinajstić information content (AvgIpc) is 2.70. The third-order valence-electron chi connectivity index (χ3n) is 4.65. The fraction of sp³-hybridized carbons (Fsp3) is 0.217. The minimum absolute atomic E-state index is 0.195. The van der Waals surface area contributed by atoms with Gasteiger partial charge in [0.05, 0.1) is 0 Å². The van der Waals surface area contributed by atoms with Crippen molar-refractivity contribution in [2.75, 3.05) is 0 Å². The quantitative estimate of drug-likeness (QED) is 0.607. The monoisotopic (exact) mass is 374 g/mol. The number of aryl methyl sites for hydroxylation is 1. The van der Waals surface area contributed by atoms with Crippen molar-refractivity contribution in [1.82, 2.24) is 4.98 Å². The molecule has 0 bridgehead atoms. The van der Waals surface area contributed by atoms with Crippen molar-refractivity contribution in [2.45, 2.75) is 32.3 Å². The second kappa shape index (κ2) is 8.98. The van der Waals surface area contributed by atoms with Gasteiger partial charge in [0.1, 0.15) is 23.8 Å². The SMILES string of the molecule is Cc1nc2c(OCc3ccccc3)cccc2cc1C(C=C=O)CCC(N)=O. The highest BCUT2D eigenvalue weighted by atomic mass is 16.5. The van der Waals surface area contributed by atoms with E-state index in [1.165, 1.54) is 6.08 Å². The summed E-state index contributed by atoms with van der Waals surface area (Å²) < 4.78 is 5.99. The molecule has 5 heteroatoms. The largest absolute Gasteiger partial charge is 0.487 e. The first-order chi connectivity index (χ1) is 13.6. The Bertz CT molecular complexity index is 1020. The highest BCUT2D eigenvalue weighted by Gasteiger charge is 2.16. The Kier molecular flexibility index (Phi) is 6.20. The number of para-hydroxylation sites is 1. The Morgan fingerprint density at radius 3 is 2.71 bits per heavy atom. The lowest BCUT2D eigenvalue weighted by Gasteiger charge is -2.16. The van der Waals surface area contributed by atoms with E-state index in [0.717, 1.165) is 27.7 Å². The molecule has 1 aromatic heterocycles. The molecule has 0 radical (unpaired) electrons. The molecular formula is C23H22N2O3. The third-order valence-corrected chi connectivity index (χ3v) is 4.65. The van der Waals surface area contributed by atoms with Crippen LogP contribution in [0, 0.1) is 6.92 Å². The van der Waals surface area contributed by atoms with Crippen molar-refractivity contribution in [3.05, 3.63) is 77.5 Å². The van der Waals surface area contributed by atoms with E-state index in [4.69, 9.17) is 15.5 Å². The molecule has 1 unspecified atom stereocenters. The van der Waals surface area contributed by atoms with E-state index in [0.29, 0.717) is 18.8 Å². The normalized spacial score (nSPS) is 11.6. The standard InChI is InChI=1S/C23H22N2O3/c1-16-20(18(12-13-26)10-11-22(24)27)14-19-8-5-9-21(23(19)25-16)28-15-17-6-3-2-4-7-17/h2-9,12,14,18H,10-11,15H2,1H3,(H2,24,27). The van der Waals surface area contributed by atoms with Gasteiger partial charge in [0.25, 0.3) is 0 Å². The zero-order chi connectivity index (χ0) is 19.9. The van der Waals surface area contributed by atoms with E-state index >= 15 is 0 Å². The van der Waals surface area contributed by atoms with E-state index in [2.05, 4.69) is 0 Å². The van der Waals surface area contributed by atoms with Gasteiger partial charge in [-0.05, 0) is 36.6 Å². The number of ether oxygens (including phenoxy) is 1.